The first-order valence-corrected chi connectivity index (χ1v) is 11.1. The highest BCUT2D eigenvalue weighted by atomic mass is 32.2. The van der Waals surface area contributed by atoms with Crippen LogP contribution in [0.3, 0.4) is 0 Å². The van der Waals surface area contributed by atoms with Crippen molar-refractivity contribution < 1.29 is 32.2 Å². The summed E-state index contributed by atoms with van der Waals surface area (Å²) in [4.78, 5) is 26.0. The van der Waals surface area contributed by atoms with E-state index in [1.165, 1.54) is 26.2 Å². The topological polar surface area (TPSA) is 111 Å². The van der Waals surface area contributed by atoms with E-state index in [1.54, 1.807) is 32.3 Å². The van der Waals surface area contributed by atoms with Crippen molar-refractivity contribution in [2.45, 2.75) is 12.6 Å². The maximum Gasteiger partial charge on any atom is 0.507 e. The third-order valence-electron chi connectivity index (χ3n) is 5.19. The number of carboxylic acid groups (broad SMARTS) is 1. The molecule has 2 amide bonds. The fourth-order valence-corrected chi connectivity index (χ4v) is 5.20. The van der Waals surface area contributed by atoms with Crippen molar-refractivity contribution in [2.75, 3.05) is 46.8 Å². The van der Waals surface area contributed by atoms with Crippen molar-refractivity contribution in [3.05, 3.63) is 41.7 Å². The van der Waals surface area contributed by atoms with E-state index < -0.39 is 22.6 Å². The van der Waals surface area contributed by atoms with Gasteiger partial charge in [0.25, 0.3) is 10.2 Å². The third kappa shape index (κ3) is 5.14. The first kappa shape index (κ1) is 23.0. The number of benzene rings is 1. The molecular weight excluding hydrogens is 431 g/mol. The Kier molecular flexibility index (Phi) is 6.82. The van der Waals surface area contributed by atoms with Gasteiger partial charge in [-0.2, -0.15) is 12.7 Å². The number of urea groups is 1. The monoisotopic (exact) mass is 456 g/mol. The van der Waals surface area contributed by atoms with Crippen molar-refractivity contribution in [2.24, 2.45) is 0 Å². The number of halogens is 1. The Hall–Kier alpha value is -2.70. The van der Waals surface area contributed by atoms with E-state index in [9.17, 15) is 22.4 Å². The number of nitrogens with zero attached hydrogens (tertiary/aromatic N) is 4. The van der Waals surface area contributed by atoms with Crippen molar-refractivity contribution >= 4 is 28.0 Å². The molecule has 0 saturated carbocycles. The summed E-state index contributed by atoms with van der Waals surface area (Å²) < 4.78 is 46.6. The molecule has 1 atom stereocenters. The Balaban J connectivity index is 1.76. The average molecular weight is 456 g/mol. The number of piperazine rings is 1. The molecule has 2 aliphatic heterocycles. The van der Waals surface area contributed by atoms with Crippen molar-refractivity contribution in [3.8, 4) is 0 Å². The van der Waals surface area contributed by atoms with Crippen LogP contribution in [0.2, 0.25) is 0 Å². The van der Waals surface area contributed by atoms with E-state index in [4.69, 9.17) is 9.84 Å². The highest BCUT2D eigenvalue weighted by Gasteiger charge is 2.42. The summed E-state index contributed by atoms with van der Waals surface area (Å²) in [6.07, 6.45) is -0.786. The molecule has 0 aliphatic carbocycles. The third-order valence-corrected chi connectivity index (χ3v) is 7.18. The number of carbonyl (C=O) groups is 2. The number of hydrogen-bond acceptors (Lipinski definition) is 5. The fraction of sp³-hybridized carbons (Fsp3) is 0.474. The maximum absolute atomic E-state index is 13.2. The lowest BCUT2D eigenvalue weighted by molar-refractivity contribution is -0.0357. The number of hydrogen-bond donors (Lipinski definition) is 1. The molecule has 3 rings (SSSR count). The van der Waals surface area contributed by atoms with Gasteiger partial charge in [-0.1, -0.05) is 18.2 Å². The van der Waals surface area contributed by atoms with Gasteiger partial charge in [0.05, 0.1) is 6.54 Å². The first-order valence-electron chi connectivity index (χ1n) is 9.67. The fourth-order valence-electron chi connectivity index (χ4n) is 3.60. The minimum atomic E-state index is -4.04. The molecule has 1 N–H and O–H groups in total. The van der Waals surface area contributed by atoms with Gasteiger partial charge in [0.15, 0.2) is 6.23 Å². The molecule has 12 heteroatoms. The van der Waals surface area contributed by atoms with Gasteiger partial charge in [0, 0.05) is 40.3 Å². The maximum atomic E-state index is 13.2. The van der Waals surface area contributed by atoms with Gasteiger partial charge < -0.3 is 19.6 Å². The molecule has 1 saturated heterocycles. The van der Waals surface area contributed by atoms with Gasteiger partial charge >= 0.3 is 12.2 Å². The van der Waals surface area contributed by atoms with Gasteiger partial charge in [-0.3, -0.25) is 0 Å². The van der Waals surface area contributed by atoms with Crippen LogP contribution >= 0.6 is 0 Å². The minimum Gasteiger partial charge on any atom is -0.450 e. The Morgan fingerprint density at radius 1 is 1.16 bits per heavy atom. The Labute approximate surface area is 180 Å². The van der Waals surface area contributed by atoms with Gasteiger partial charge in [-0.15, -0.1) is 4.31 Å². The van der Waals surface area contributed by atoms with Crippen molar-refractivity contribution in [3.63, 3.8) is 0 Å². The zero-order chi connectivity index (χ0) is 22.8. The van der Waals surface area contributed by atoms with Crippen molar-refractivity contribution in [1.29, 1.82) is 0 Å². The summed E-state index contributed by atoms with van der Waals surface area (Å²) in [6, 6.07) is 5.62. The lowest BCUT2D eigenvalue weighted by atomic mass is 10.0. The average Bonchev–Trinajstić information content (AvgIpc) is 2.73. The Bertz CT molecular complexity index is 966. The molecule has 2 heterocycles. The van der Waals surface area contributed by atoms with Crippen LogP contribution in [0.4, 0.5) is 14.0 Å². The van der Waals surface area contributed by atoms with E-state index in [0.717, 1.165) is 15.4 Å². The van der Waals surface area contributed by atoms with Crippen LogP contribution < -0.4 is 0 Å². The molecule has 2 aliphatic rings. The predicted molar refractivity (Wildman–Crippen MR) is 110 cm³/mol. The lowest BCUT2D eigenvalue weighted by Gasteiger charge is -2.41. The molecule has 1 aromatic rings. The molecule has 170 valence electrons. The first-order chi connectivity index (χ1) is 14.6. The van der Waals surface area contributed by atoms with Gasteiger partial charge in [-0.25, -0.2) is 14.0 Å². The van der Waals surface area contributed by atoms with Crippen LogP contribution in [0.1, 0.15) is 12.0 Å². The molecule has 1 aromatic carbocycles. The molecule has 10 nitrogen and oxygen atoms in total. The summed E-state index contributed by atoms with van der Waals surface area (Å²) >= 11 is 0. The van der Waals surface area contributed by atoms with Gasteiger partial charge in [0.1, 0.15) is 5.82 Å². The van der Waals surface area contributed by atoms with E-state index in [1.807, 2.05) is 0 Å². The van der Waals surface area contributed by atoms with E-state index >= 15 is 0 Å². The highest BCUT2D eigenvalue weighted by Crippen LogP contribution is 2.26. The molecule has 0 bridgehead atoms. The second kappa shape index (κ2) is 9.20. The summed E-state index contributed by atoms with van der Waals surface area (Å²) in [6.45, 7) is 0.0893. The quantitative estimate of drug-likeness (QED) is 0.687. The van der Waals surface area contributed by atoms with Crippen LogP contribution in [-0.4, -0.2) is 97.2 Å². The summed E-state index contributed by atoms with van der Waals surface area (Å²) in [5.74, 6) is -0.347. The molecule has 31 heavy (non-hydrogen) atoms. The van der Waals surface area contributed by atoms with E-state index in [2.05, 4.69) is 0 Å². The molecular formula is C19H25FN4O6S. The smallest absolute Gasteiger partial charge is 0.450 e. The molecule has 0 radical (unpaired) electrons. The van der Waals surface area contributed by atoms with E-state index in [-0.39, 0.29) is 44.6 Å². The number of rotatable bonds is 4. The molecule has 0 spiro atoms. The predicted octanol–water partition coefficient (Wildman–Crippen LogP) is 1.48. The summed E-state index contributed by atoms with van der Waals surface area (Å²) in [7, 11) is -0.934. The second-order valence-electron chi connectivity index (χ2n) is 7.42. The Morgan fingerprint density at radius 2 is 1.84 bits per heavy atom. The number of ether oxygens (including phenoxy) is 1. The van der Waals surface area contributed by atoms with Crippen LogP contribution in [-0.2, 0) is 14.9 Å². The van der Waals surface area contributed by atoms with E-state index in [0.29, 0.717) is 6.42 Å². The van der Waals surface area contributed by atoms with Crippen LogP contribution in [0.15, 0.2) is 30.3 Å². The van der Waals surface area contributed by atoms with Crippen molar-refractivity contribution in [1.82, 2.24) is 18.4 Å². The minimum absolute atomic E-state index is 0.0890. The normalized spacial score (nSPS) is 20.8. The second-order valence-corrected chi connectivity index (χ2v) is 9.31. The number of carbonyl (C=O) groups excluding carboxylic acids is 1. The molecule has 0 aromatic heterocycles. The summed E-state index contributed by atoms with van der Waals surface area (Å²) in [5.41, 5.74) is 1.73. The zero-order valence-electron chi connectivity index (χ0n) is 17.3. The summed E-state index contributed by atoms with van der Waals surface area (Å²) in [5, 5.41) is 9.07. The lowest BCUT2D eigenvalue weighted by Crippen LogP contribution is -2.61. The Morgan fingerprint density at radius 3 is 2.39 bits per heavy atom. The number of amides is 2. The van der Waals surface area contributed by atoms with Gasteiger partial charge in [-0.05, 0) is 29.7 Å². The molecule has 1 fully saturated rings. The SMILES string of the molecule is CN(C)C(=O)N1CCN(S(=O)(=O)N2CC=C(c3ccc(F)cc3)CC2)[C@H](OC(=O)O)C1. The van der Waals surface area contributed by atoms with Crippen LogP contribution in [0.5, 0.6) is 0 Å². The van der Waals surface area contributed by atoms with Crippen LogP contribution in [0, 0.1) is 5.82 Å². The highest BCUT2D eigenvalue weighted by molar-refractivity contribution is 7.86. The largest absolute Gasteiger partial charge is 0.507 e. The van der Waals surface area contributed by atoms with Crippen LogP contribution in [0.25, 0.3) is 5.57 Å². The molecule has 0 unspecified atom stereocenters. The zero-order valence-corrected chi connectivity index (χ0v) is 18.1. The standard InChI is InChI=1S/C19H25FN4O6S/c1-21(2)18(25)22-11-12-24(17(13-22)30-19(26)27)31(28,29)23-9-7-15(8-10-23)14-3-5-16(20)6-4-14/h3-7,17H,8-13H2,1-2H3,(H,26,27)/t17-/m1/s1. The van der Waals surface area contributed by atoms with Gasteiger partial charge in [0.2, 0.25) is 0 Å².